The van der Waals surface area contributed by atoms with Gasteiger partial charge in [0.05, 0.1) is 6.42 Å². The molecule has 1 N–H and O–H groups in total. The van der Waals surface area contributed by atoms with Crippen LogP contribution in [0.15, 0.2) is 36.5 Å². The zero-order chi connectivity index (χ0) is 17.2. The van der Waals surface area contributed by atoms with Crippen molar-refractivity contribution in [2.24, 2.45) is 0 Å². The maximum atomic E-state index is 12.7. The van der Waals surface area contributed by atoms with E-state index in [0.717, 1.165) is 5.69 Å². The van der Waals surface area contributed by atoms with Crippen LogP contribution in [0, 0.1) is 0 Å². The fraction of sp³-hybridized carbons (Fsp3) is 0.333. The number of hydrogen-bond acceptors (Lipinski definition) is 4. The van der Waals surface area contributed by atoms with Crippen LogP contribution in [0.3, 0.4) is 0 Å². The summed E-state index contributed by atoms with van der Waals surface area (Å²) in [5.41, 5.74) is 1.49. The molecule has 3 heterocycles. The number of nitrogens with zero attached hydrogens (tertiary/aromatic N) is 2. The molecule has 1 fully saturated rings. The normalized spacial score (nSPS) is 16.2. The molecular weight excluding hydrogens is 322 g/mol. The zero-order valence-electron chi connectivity index (χ0n) is 13.7. The second-order valence-corrected chi connectivity index (χ2v) is 6.11. The minimum atomic E-state index is -0.0465. The number of carbonyl (C=O) groups excluding carboxylic acids is 2. The molecule has 0 unspecified atom stereocenters. The van der Waals surface area contributed by atoms with Crippen LogP contribution in [0.2, 0.25) is 0 Å². The van der Waals surface area contributed by atoms with E-state index < -0.39 is 0 Å². The molecular formula is C18H19N3O4. The lowest BCUT2D eigenvalue weighted by molar-refractivity contribution is -0.132. The summed E-state index contributed by atoms with van der Waals surface area (Å²) in [4.78, 5) is 31.6. The minimum Gasteiger partial charge on any atom is -0.454 e. The first kappa shape index (κ1) is 15.6. The Labute approximate surface area is 145 Å². The summed E-state index contributed by atoms with van der Waals surface area (Å²) >= 11 is 0. The highest BCUT2D eigenvalue weighted by Gasteiger charge is 2.26. The van der Waals surface area contributed by atoms with E-state index in [1.165, 1.54) is 0 Å². The van der Waals surface area contributed by atoms with Gasteiger partial charge in [-0.1, -0.05) is 0 Å². The molecule has 2 aromatic rings. The third-order valence-electron chi connectivity index (χ3n) is 4.54. The van der Waals surface area contributed by atoms with Crippen molar-refractivity contribution in [3.63, 3.8) is 0 Å². The number of carbonyl (C=O) groups is 2. The van der Waals surface area contributed by atoms with Crippen LogP contribution >= 0.6 is 0 Å². The number of amides is 2. The summed E-state index contributed by atoms with van der Waals surface area (Å²) < 4.78 is 10.6. The molecule has 1 aromatic heterocycles. The van der Waals surface area contributed by atoms with Gasteiger partial charge in [-0.15, -0.1) is 0 Å². The number of rotatable bonds is 3. The van der Waals surface area contributed by atoms with E-state index in [9.17, 15) is 9.59 Å². The summed E-state index contributed by atoms with van der Waals surface area (Å²) in [5.74, 6) is 1.30. The zero-order valence-corrected chi connectivity index (χ0v) is 13.7. The average Bonchev–Trinajstić information content (AvgIpc) is 3.32. The van der Waals surface area contributed by atoms with E-state index in [2.05, 4.69) is 4.98 Å². The standard InChI is InChI=1S/C18H19N3O4/c22-17(11-14-2-1-5-19-14)20-6-8-21(9-7-20)18(23)13-3-4-15-16(10-13)25-12-24-15/h1-5,10,19H,6-9,11-12H2. The number of benzene rings is 1. The molecule has 0 spiro atoms. The van der Waals surface area contributed by atoms with E-state index in [1.54, 1.807) is 23.1 Å². The number of ether oxygens (including phenoxy) is 2. The van der Waals surface area contributed by atoms with Crippen LogP contribution < -0.4 is 9.47 Å². The lowest BCUT2D eigenvalue weighted by Crippen LogP contribution is -2.51. The first-order chi connectivity index (χ1) is 12.2. The van der Waals surface area contributed by atoms with Gasteiger partial charge in [0, 0.05) is 43.6 Å². The number of H-pyrrole nitrogens is 1. The molecule has 0 saturated carbocycles. The number of aromatic nitrogens is 1. The fourth-order valence-corrected chi connectivity index (χ4v) is 3.12. The second kappa shape index (κ2) is 6.51. The Morgan fingerprint density at radius 2 is 1.76 bits per heavy atom. The first-order valence-corrected chi connectivity index (χ1v) is 8.30. The van der Waals surface area contributed by atoms with Crippen molar-refractivity contribution in [2.45, 2.75) is 6.42 Å². The van der Waals surface area contributed by atoms with Gasteiger partial charge in [-0.2, -0.15) is 0 Å². The van der Waals surface area contributed by atoms with Crippen molar-refractivity contribution >= 4 is 11.8 Å². The number of nitrogens with one attached hydrogen (secondary N) is 1. The largest absolute Gasteiger partial charge is 0.454 e. The number of aromatic amines is 1. The van der Waals surface area contributed by atoms with Crippen LogP contribution in [-0.2, 0) is 11.2 Å². The number of fused-ring (bicyclic) bond motifs is 1. The molecule has 2 aliphatic heterocycles. The molecule has 0 radical (unpaired) electrons. The Kier molecular flexibility index (Phi) is 4.05. The SMILES string of the molecule is O=C(Cc1ccc[nH]1)N1CCN(C(=O)c2ccc3c(c2)OCO3)CC1. The molecule has 0 bridgehead atoms. The molecule has 0 aliphatic carbocycles. The lowest BCUT2D eigenvalue weighted by atomic mass is 10.1. The van der Waals surface area contributed by atoms with Crippen molar-refractivity contribution in [3.05, 3.63) is 47.8 Å². The second-order valence-electron chi connectivity index (χ2n) is 6.11. The summed E-state index contributed by atoms with van der Waals surface area (Å²) in [6, 6.07) is 9.00. The van der Waals surface area contributed by atoms with E-state index in [0.29, 0.717) is 49.7 Å². The van der Waals surface area contributed by atoms with Gasteiger partial charge in [-0.3, -0.25) is 9.59 Å². The molecule has 7 nitrogen and oxygen atoms in total. The third kappa shape index (κ3) is 3.17. The van der Waals surface area contributed by atoms with Crippen LogP contribution in [0.1, 0.15) is 16.1 Å². The topological polar surface area (TPSA) is 74.9 Å². The van der Waals surface area contributed by atoms with E-state index in [4.69, 9.17) is 9.47 Å². The average molecular weight is 341 g/mol. The van der Waals surface area contributed by atoms with Crippen LogP contribution in [-0.4, -0.2) is 59.6 Å². The quantitative estimate of drug-likeness (QED) is 0.912. The highest BCUT2D eigenvalue weighted by atomic mass is 16.7. The predicted molar refractivity (Wildman–Crippen MR) is 89.5 cm³/mol. The molecule has 7 heteroatoms. The summed E-state index contributed by atoms with van der Waals surface area (Å²) in [7, 11) is 0. The Morgan fingerprint density at radius 3 is 2.52 bits per heavy atom. The van der Waals surface area contributed by atoms with Crippen LogP contribution in [0.4, 0.5) is 0 Å². The summed E-state index contributed by atoms with van der Waals surface area (Å²) in [6.07, 6.45) is 2.17. The van der Waals surface area contributed by atoms with Gasteiger partial charge < -0.3 is 24.3 Å². The minimum absolute atomic E-state index is 0.0465. The number of hydrogen-bond donors (Lipinski definition) is 1. The van der Waals surface area contributed by atoms with Gasteiger partial charge in [0.2, 0.25) is 12.7 Å². The van der Waals surface area contributed by atoms with Crippen molar-refractivity contribution < 1.29 is 19.1 Å². The summed E-state index contributed by atoms with van der Waals surface area (Å²) in [5, 5.41) is 0. The molecule has 2 amide bonds. The molecule has 25 heavy (non-hydrogen) atoms. The Balaban J connectivity index is 1.35. The van der Waals surface area contributed by atoms with E-state index in [1.807, 2.05) is 23.2 Å². The molecule has 1 aromatic carbocycles. The van der Waals surface area contributed by atoms with Crippen molar-refractivity contribution in [3.8, 4) is 11.5 Å². The fourth-order valence-electron chi connectivity index (χ4n) is 3.12. The van der Waals surface area contributed by atoms with Crippen LogP contribution in [0.5, 0.6) is 11.5 Å². The Morgan fingerprint density at radius 1 is 1.00 bits per heavy atom. The predicted octanol–water partition coefficient (Wildman–Crippen LogP) is 1.27. The molecule has 2 aliphatic rings. The van der Waals surface area contributed by atoms with Gasteiger partial charge in [0.15, 0.2) is 11.5 Å². The first-order valence-electron chi connectivity index (χ1n) is 8.30. The van der Waals surface area contributed by atoms with Crippen molar-refractivity contribution in [2.75, 3.05) is 33.0 Å². The maximum absolute atomic E-state index is 12.7. The molecule has 130 valence electrons. The van der Waals surface area contributed by atoms with Crippen molar-refractivity contribution in [1.29, 1.82) is 0 Å². The molecule has 0 atom stereocenters. The smallest absolute Gasteiger partial charge is 0.254 e. The highest BCUT2D eigenvalue weighted by molar-refractivity contribution is 5.95. The van der Waals surface area contributed by atoms with Gasteiger partial charge in [0.1, 0.15) is 0 Å². The van der Waals surface area contributed by atoms with Gasteiger partial charge >= 0.3 is 0 Å². The molecule has 1 saturated heterocycles. The van der Waals surface area contributed by atoms with Gasteiger partial charge in [-0.05, 0) is 30.3 Å². The van der Waals surface area contributed by atoms with Crippen molar-refractivity contribution in [1.82, 2.24) is 14.8 Å². The monoisotopic (exact) mass is 341 g/mol. The van der Waals surface area contributed by atoms with E-state index >= 15 is 0 Å². The van der Waals surface area contributed by atoms with Gasteiger partial charge in [-0.25, -0.2) is 0 Å². The Hall–Kier alpha value is -2.96. The lowest BCUT2D eigenvalue weighted by Gasteiger charge is -2.34. The van der Waals surface area contributed by atoms with Gasteiger partial charge in [0.25, 0.3) is 5.91 Å². The van der Waals surface area contributed by atoms with E-state index in [-0.39, 0.29) is 18.6 Å². The Bertz CT molecular complexity index is 780. The maximum Gasteiger partial charge on any atom is 0.254 e. The number of piperazine rings is 1. The molecule has 4 rings (SSSR count). The van der Waals surface area contributed by atoms with Crippen LogP contribution in [0.25, 0.3) is 0 Å². The summed E-state index contributed by atoms with van der Waals surface area (Å²) in [6.45, 7) is 2.35. The third-order valence-corrected chi connectivity index (χ3v) is 4.54. The highest BCUT2D eigenvalue weighted by Crippen LogP contribution is 2.32.